The van der Waals surface area contributed by atoms with Gasteiger partial charge in [0.05, 0.1) is 5.60 Å². The van der Waals surface area contributed by atoms with Crippen LogP contribution >= 0.6 is 0 Å². The molecule has 0 aliphatic rings. The molecule has 0 amide bonds. The normalized spacial score (nSPS) is 15.5. The van der Waals surface area contributed by atoms with Gasteiger partial charge in [0.15, 0.2) is 0 Å². The molecular formula is C12H17N3O3S. The first-order valence-corrected chi connectivity index (χ1v) is 7.48. The van der Waals surface area contributed by atoms with Gasteiger partial charge in [-0.25, -0.2) is 18.1 Å². The third-order valence-electron chi connectivity index (χ3n) is 3.11. The number of hydrogen-bond acceptors (Lipinski definition) is 4. The van der Waals surface area contributed by atoms with Crippen molar-refractivity contribution in [1.29, 1.82) is 0 Å². The number of pyridine rings is 1. The fourth-order valence-electron chi connectivity index (χ4n) is 1.61. The van der Waals surface area contributed by atoms with Crippen LogP contribution in [0.15, 0.2) is 29.4 Å². The number of rotatable bonds is 5. The van der Waals surface area contributed by atoms with Crippen molar-refractivity contribution in [3.8, 4) is 0 Å². The van der Waals surface area contributed by atoms with Crippen molar-refractivity contribution in [2.45, 2.75) is 30.8 Å². The van der Waals surface area contributed by atoms with Gasteiger partial charge in [-0.1, -0.05) is 6.92 Å². The smallest absolute Gasteiger partial charge is 0.242 e. The van der Waals surface area contributed by atoms with Crippen molar-refractivity contribution >= 4 is 21.1 Å². The fourth-order valence-corrected chi connectivity index (χ4v) is 2.93. The van der Waals surface area contributed by atoms with Gasteiger partial charge in [0.2, 0.25) is 10.0 Å². The molecule has 2 heterocycles. The van der Waals surface area contributed by atoms with Crippen molar-refractivity contribution in [2.75, 3.05) is 6.54 Å². The highest BCUT2D eigenvalue weighted by atomic mass is 32.2. The van der Waals surface area contributed by atoms with Gasteiger partial charge in [0, 0.05) is 24.3 Å². The Hall–Kier alpha value is -1.44. The largest absolute Gasteiger partial charge is 0.389 e. The maximum absolute atomic E-state index is 12.2. The summed E-state index contributed by atoms with van der Waals surface area (Å²) >= 11 is 0. The number of H-pyrrole nitrogens is 1. The molecular weight excluding hydrogens is 266 g/mol. The van der Waals surface area contributed by atoms with Crippen LogP contribution in [0.4, 0.5) is 0 Å². The minimum Gasteiger partial charge on any atom is -0.389 e. The van der Waals surface area contributed by atoms with E-state index in [1.165, 1.54) is 6.20 Å². The van der Waals surface area contributed by atoms with E-state index in [9.17, 15) is 13.5 Å². The third-order valence-corrected chi connectivity index (χ3v) is 4.55. The number of nitrogens with zero attached hydrogens (tertiary/aromatic N) is 1. The number of nitrogens with one attached hydrogen (secondary N) is 2. The number of aromatic amines is 1. The van der Waals surface area contributed by atoms with Crippen LogP contribution < -0.4 is 4.72 Å². The van der Waals surface area contributed by atoms with Crippen LogP contribution in [0.2, 0.25) is 0 Å². The number of sulfonamides is 1. The molecule has 0 spiro atoms. The summed E-state index contributed by atoms with van der Waals surface area (Å²) in [5.74, 6) is 0. The zero-order valence-electron chi connectivity index (χ0n) is 10.8. The zero-order chi connectivity index (χ0) is 14.1. The Bertz CT molecular complexity index is 676. The van der Waals surface area contributed by atoms with Crippen LogP contribution in [0.1, 0.15) is 20.3 Å². The molecule has 1 atom stereocenters. The lowest BCUT2D eigenvalue weighted by Crippen LogP contribution is -2.39. The Morgan fingerprint density at radius 1 is 1.53 bits per heavy atom. The average molecular weight is 283 g/mol. The van der Waals surface area contributed by atoms with Crippen LogP contribution in [0.25, 0.3) is 11.0 Å². The second-order valence-corrected chi connectivity index (χ2v) is 6.46. The van der Waals surface area contributed by atoms with E-state index in [0.717, 1.165) is 0 Å². The first-order valence-electron chi connectivity index (χ1n) is 6.00. The van der Waals surface area contributed by atoms with E-state index in [1.807, 2.05) is 0 Å². The molecule has 0 saturated carbocycles. The first kappa shape index (κ1) is 14.0. The molecule has 0 radical (unpaired) electrons. The molecule has 0 aliphatic carbocycles. The Balaban J connectivity index is 2.30. The molecule has 0 saturated heterocycles. The van der Waals surface area contributed by atoms with Crippen LogP contribution in [0.3, 0.4) is 0 Å². The van der Waals surface area contributed by atoms with Crippen molar-refractivity contribution in [3.63, 3.8) is 0 Å². The molecule has 0 aliphatic heterocycles. The zero-order valence-corrected chi connectivity index (χ0v) is 11.7. The first-order chi connectivity index (χ1) is 8.86. The number of aromatic nitrogens is 2. The topological polar surface area (TPSA) is 95.1 Å². The Morgan fingerprint density at radius 3 is 2.95 bits per heavy atom. The number of hydrogen-bond donors (Lipinski definition) is 3. The standard InChI is InChI=1S/C12H17N3O3S/c1-3-12(2,16)8-15-19(17,18)10-7-14-11-9(10)5-4-6-13-11/h4-7,15-16H,3,8H2,1-2H3,(H,13,14). The SMILES string of the molecule is CCC(C)(O)CNS(=O)(=O)c1c[nH]c2ncccc12. The monoisotopic (exact) mass is 283 g/mol. The van der Waals surface area contributed by atoms with Crippen LogP contribution in [-0.4, -0.2) is 35.6 Å². The van der Waals surface area contributed by atoms with E-state index in [2.05, 4.69) is 14.7 Å². The lowest BCUT2D eigenvalue weighted by molar-refractivity contribution is 0.0613. The van der Waals surface area contributed by atoms with Crippen LogP contribution in [-0.2, 0) is 10.0 Å². The van der Waals surface area contributed by atoms with Gasteiger partial charge >= 0.3 is 0 Å². The molecule has 104 valence electrons. The second kappa shape index (κ2) is 4.92. The lowest BCUT2D eigenvalue weighted by Gasteiger charge is -2.21. The molecule has 0 fully saturated rings. The molecule has 2 aromatic rings. The predicted octanol–water partition coefficient (Wildman–Crippen LogP) is 1.00. The number of aliphatic hydroxyl groups is 1. The minimum absolute atomic E-state index is 0.0290. The van der Waals surface area contributed by atoms with E-state index >= 15 is 0 Å². The van der Waals surface area contributed by atoms with Gasteiger partial charge < -0.3 is 10.1 Å². The van der Waals surface area contributed by atoms with E-state index < -0.39 is 15.6 Å². The predicted molar refractivity (Wildman–Crippen MR) is 72.2 cm³/mol. The summed E-state index contributed by atoms with van der Waals surface area (Å²) in [4.78, 5) is 7.00. The minimum atomic E-state index is -3.67. The fraction of sp³-hybridized carbons (Fsp3) is 0.417. The van der Waals surface area contributed by atoms with E-state index in [1.54, 1.807) is 32.2 Å². The van der Waals surface area contributed by atoms with Crippen molar-refractivity contribution < 1.29 is 13.5 Å². The Morgan fingerprint density at radius 2 is 2.26 bits per heavy atom. The molecule has 2 rings (SSSR count). The summed E-state index contributed by atoms with van der Waals surface area (Å²) in [7, 11) is -3.67. The highest BCUT2D eigenvalue weighted by molar-refractivity contribution is 7.89. The molecule has 7 heteroatoms. The lowest BCUT2D eigenvalue weighted by atomic mass is 10.1. The van der Waals surface area contributed by atoms with E-state index in [4.69, 9.17) is 0 Å². The summed E-state index contributed by atoms with van der Waals surface area (Å²) in [6.07, 6.45) is 3.45. The van der Waals surface area contributed by atoms with Crippen molar-refractivity contribution in [2.24, 2.45) is 0 Å². The van der Waals surface area contributed by atoms with Gasteiger partial charge in [-0.2, -0.15) is 0 Å². The van der Waals surface area contributed by atoms with Gasteiger partial charge in [0.1, 0.15) is 10.5 Å². The molecule has 6 nitrogen and oxygen atoms in total. The molecule has 0 aromatic carbocycles. The highest BCUT2D eigenvalue weighted by Gasteiger charge is 2.24. The molecule has 2 aromatic heterocycles. The van der Waals surface area contributed by atoms with Crippen molar-refractivity contribution in [3.05, 3.63) is 24.5 Å². The maximum atomic E-state index is 12.2. The summed E-state index contributed by atoms with van der Waals surface area (Å²) in [6, 6.07) is 3.36. The molecule has 1 unspecified atom stereocenters. The van der Waals surface area contributed by atoms with Crippen molar-refractivity contribution in [1.82, 2.24) is 14.7 Å². The molecule has 0 bridgehead atoms. The number of fused-ring (bicyclic) bond motifs is 1. The van der Waals surface area contributed by atoms with Crippen LogP contribution in [0.5, 0.6) is 0 Å². The summed E-state index contributed by atoms with van der Waals surface area (Å²) in [5, 5.41) is 10.4. The second-order valence-electron chi connectivity index (χ2n) is 4.73. The van der Waals surface area contributed by atoms with Gasteiger partial charge in [-0.05, 0) is 25.5 Å². The maximum Gasteiger partial charge on any atom is 0.242 e. The van der Waals surface area contributed by atoms with Gasteiger partial charge in [0.25, 0.3) is 0 Å². The summed E-state index contributed by atoms with van der Waals surface area (Å²) in [5.41, 5.74) is -0.539. The Labute approximate surface area is 111 Å². The van der Waals surface area contributed by atoms with Gasteiger partial charge in [-0.15, -0.1) is 0 Å². The molecule has 19 heavy (non-hydrogen) atoms. The average Bonchev–Trinajstić information content (AvgIpc) is 2.81. The quantitative estimate of drug-likeness (QED) is 0.763. The summed E-state index contributed by atoms with van der Waals surface area (Å²) < 4.78 is 26.8. The Kier molecular flexibility index (Phi) is 3.62. The van der Waals surface area contributed by atoms with Crippen LogP contribution in [0, 0.1) is 0 Å². The van der Waals surface area contributed by atoms with E-state index in [-0.39, 0.29) is 11.4 Å². The van der Waals surface area contributed by atoms with E-state index in [0.29, 0.717) is 17.5 Å². The van der Waals surface area contributed by atoms with Gasteiger partial charge in [-0.3, -0.25) is 0 Å². The third kappa shape index (κ3) is 2.94. The molecule has 3 N–H and O–H groups in total. The highest BCUT2D eigenvalue weighted by Crippen LogP contribution is 2.21. The summed E-state index contributed by atoms with van der Waals surface area (Å²) in [6.45, 7) is 3.36.